The van der Waals surface area contributed by atoms with E-state index in [0.29, 0.717) is 32.0 Å². The van der Waals surface area contributed by atoms with Crippen LogP contribution in [0, 0.1) is 0 Å². The lowest BCUT2D eigenvalue weighted by atomic mass is 10.1. The Morgan fingerprint density at radius 1 is 1.28 bits per heavy atom. The molecule has 1 saturated heterocycles. The van der Waals surface area contributed by atoms with E-state index in [4.69, 9.17) is 4.99 Å². The fraction of sp³-hybridized carbons (Fsp3) is 0.500. The van der Waals surface area contributed by atoms with Gasteiger partial charge in [-0.3, -0.25) is 4.79 Å². The van der Waals surface area contributed by atoms with Crippen molar-refractivity contribution in [1.82, 2.24) is 20.5 Å². The molecule has 1 aromatic carbocycles. The highest BCUT2D eigenvalue weighted by atomic mass is 32.1. The number of aromatic nitrogens is 1. The van der Waals surface area contributed by atoms with E-state index >= 15 is 0 Å². The minimum atomic E-state index is 0.252. The van der Waals surface area contributed by atoms with Gasteiger partial charge in [-0.15, -0.1) is 11.3 Å². The lowest BCUT2D eigenvalue weighted by Gasteiger charge is -2.18. The van der Waals surface area contributed by atoms with Gasteiger partial charge in [0.25, 0.3) is 0 Å². The third-order valence-electron chi connectivity index (χ3n) is 4.97. The molecule has 1 aliphatic heterocycles. The van der Waals surface area contributed by atoms with E-state index in [9.17, 15) is 4.79 Å². The molecule has 0 spiro atoms. The SMILES string of the molecule is CCNC(=NCc1ccccc1CN1CCCC1=O)NCc1nc(C(C)C)cs1. The summed E-state index contributed by atoms with van der Waals surface area (Å²) in [6, 6.07) is 8.25. The van der Waals surface area contributed by atoms with Crippen molar-refractivity contribution in [3.05, 3.63) is 51.5 Å². The van der Waals surface area contributed by atoms with Crippen LogP contribution >= 0.6 is 11.3 Å². The molecular formula is C22H31N5OS. The monoisotopic (exact) mass is 413 g/mol. The van der Waals surface area contributed by atoms with Crippen LogP contribution in [0.5, 0.6) is 0 Å². The Balaban J connectivity index is 1.64. The standard InChI is InChI=1S/C22H31N5OS/c1-4-23-22(25-13-20-26-19(15-29-20)16(2)3)24-12-17-8-5-6-9-18(17)14-27-11-7-10-21(27)28/h5-6,8-9,15-16H,4,7,10-14H2,1-3H3,(H2,23,24,25). The second-order valence-corrected chi connectivity index (χ2v) is 8.50. The van der Waals surface area contributed by atoms with Crippen LogP contribution < -0.4 is 10.6 Å². The molecule has 1 aliphatic rings. The summed E-state index contributed by atoms with van der Waals surface area (Å²) in [6.07, 6.45) is 1.63. The predicted molar refractivity (Wildman–Crippen MR) is 119 cm³/mol. The first-order valence-electron chi connectivity index (χ1n) is 10.4. The van der Waals surface area contributed by atoms with Gasteiger partial charge in [0.2, 0.25) is 5.91 Å². The molecule has 0 aliphatic carbocycles. The molecule has 1 fully saturated rings. The zero-order valence-corrected chi connectivity index (χ0v) is 18.4. The molecule has 2 aromatic rings. The molecule has 2 N–H and O–H groups in total. The molecule has 29 heavy (non-hydrogen) atoms. The summed E-state index contributed by atoms with van der Waals surface area (Å²) in [4.78, 5) is 23.4. The maximum atomic E-state index is 12.0. The van der Waals surface area contributed by atoms with Crippen molar-refractivity contribution >= 4 is 23.2 Å². The first-order valence-corrected chi connectivity index (χ1v) is 11.3. The van der Waals surface area contributed by atoms with Gasteiger partial charge in [-0.05, 0) is 30.4 Å². The van der Waals surface area contributed by atoms with Crippen LogP contribution in [0.4, 0.5) is 0 Å². The Hall–Kier alpha value is -2.41. The van der Waals surface area contributed by atoms with Crippen LogP contribution in [-0.4, -0.2) is 34.8 Å². The maximum Gasteiger partial charge on any atom is 0.222 e. The molecule has 3 rings (SSSR count). The number of nitrogens with one attached hydrogen (secondary N) is 2. The highest BCUT2D eigenvalue weighted by molar-refractivity contribution is 7.09. The highest BCUT2D eigenvalue weighted by Crippen LogP contribution is 2.19. The molecule has 0 bridgehead atoms. The van der Waals surface area contributed by atoms with Crippen LogP contribution in [0.25, 0.3) is 0 Å². The van der Waals surface area contributed by atoms with Crippen LogP contribution in [-0.2, 0) is 24.4 Å². The highest BCUT2D eigenvalue weighted by Gasteiger charge is 2.20. The molecule has 7 heteroatoms. The molecule has 6 nitrogen and oxygen atoms in total. The quantitative estimate of drug-likeness (QED) is 0.512. The van der Waals surface area contributed by atoms with E-state index in [1.54, 1.807) is 11.3 Å². The summed E-state index contributed by atoms with van der Waals surface area (Å²) in [5.41, 5.74) is 3.46. The van der Waals surface area contributed by atoms with Crippen molar-refractivity contribution in [2.24, 2.45) is 4.99 Å². The third kappa shape index (κ3) is 6.03. The number of amides is 1. The van der Waals surface area contributed by atoms with E-state index in [-0.39, 0.29) is 5.91 Å². The minimum Gasteiger partial charge on any atom is -0.357 e. The van der Waals surface area contributed by atoms with Gasteiger partial charge < -0.3 is 15.5 Å². The molecule has 0 unspecified atom stereocenters. The third-order valence-corrected chi connectivity index (χ3v) is 5.84. The normalized spacial score (nSPS) is 14.7. The molecule has 0 atom stereocenters. The van der Waals surface area contributed by atoms with Gasteiger partial charge in [0.05, 0.1) is 18.8 Å². The number of hydrogen-bond acceptors (Lipinski definition) is 4. The molecule has 2 heterocycles. The second kappa shape index (κ2) is 10.4. The fourth-order valence-corrected chi connectivity index (χ4v) is 4.17. The van der Waals surface area contributed by atoms with Gasteiger partial charge in [-0.2, -0.15) is 0 Å². The maximum absolute atomic E-state index is 12.0. The van der Waals surface area contributed by atoms with Gasteiger partial charge in [0.1, 0.15) is 5.01 Å². The number of carbonyl (C=O) groups excluding carboxylic acids is 1. The van der Waals surface area contributed by atoms with Crippen LogP contribution in [0.15, 0.2) is 34.6 Å². The molecule has 1 aromatic heterocycles. The van der Waals surface area contributed by atoms with Crippen molar-refractivity contribution in [2.45, 2.75) is 59.2 Å². The van der Waals surface area contributed by atoms with Crippen LogP contribution in [0.1, 0.15) is 61.4 Å². The van der Waals surface area contributed by atoms with Crippen molar-refractivity contribution < 1.29 is 4.79 Å². The summed E-state index contributed by atoms with van der Waals surface area (Å²) in [7, 11) is 0. The molecule has 156 valence electrons. The van der Waals surface area contributed by atoms with Gasteiger partial charge >= 0.3 is 0 Å². The zero-order valence-electron chi connectivity index (χ0n) is 17.6. The Morgan fingerprint density at radius 2 is 2.07 bits per heavy atom. The van der Waals surface area contributed by atoms with Crippen molar-refractivity contribution in [3.8, 4) is 0 Å². The van der Waals surface area contributed by atoms with E-state index in [1.807, 2.05) is 17.0 Å². The first kappa shape index (κ1) is 21.3. The lowest BCUT2D eigenvalue weighted by Crippen LogP contribution is -2.36. The zero-order chi connectivity index (χ0) is 20.6. The van der Waals surface area contributed by atoms with Crippen molar-refractivity contribution in [2.75, 3.05) is 13.1 Å². The Bertz CT molecular complexity index is 845. The summed E-state index contributed by atoms with van der Waals surface area (Å²) < 4.78 is 0. The number of rotatable bonds is 8. The number of nitrogens with zero attached hydrogens (tertiary/aromatic N) is 3. The lowest BCUT2D eigenvalue weighted by molar-refractivity contribution is -0.128. The van der Waals surface area contributed by atoms with Crippen molar-refractivity contribution in [1.29, 1.82) is 0 Å². The van der Waals surface area contributed by atoms with Gasteiger partial charge in [0, 0.05) is 31.4 Å². The summed E-state index contributed by atoms with van der Waals surface area (Å²) in [5.74, 6) is 1.48. The smallest absolute Gasteiger partial charge is 0.222 e. The number of likely N-dealkylation sites (tertiary alicyclic amines) is 1. The molecule has 1 amide bonds. The second-order valence-electron chi connectivity index (χ2n) is 7.56. The van der Waals surface area contributed by atoms with Crippen molar-refractivity contribution in [3.63, 3.8) is 0 Å². The average molecular weight is 414 g/mol. The van der Waals surface area contributed by atoms with Crippen LogP contribution in [0.3, 0.4) is 0 Å². The molecule has 0 radical (unpaired) electrons. The van der Waals surface area contributed by atoms with E-state index in [0.717, 1.165) is 41.7 Å². The first-order chi connectivity index (χ1) is 14.1. The summed E-state index contributed by atoms with van der Waals surface area (Å²) in [6.45, 7) is 9.93. The number of hydrogen-bond donors (Lipinski definition) is 2. The van der Waals surface area contributed by atoms with E-state index < -0.39 is 0 Å². The van der Waals surface area contributed by atoms with E-state index in [1.165, 1.54) is 5.56 Å². The number of guanidine groups is 1. The fourth-order valence-electron chi connectivity index (χ4n) is 3.28. The number of carbonyl (C=O) groups is 1. The number of thiazole rings is 1. The van der Waals surface area contributed by atoms with Gasteiger partial charge in [-0.1, -0.05) is 38.1 Å². The number of aliphatic imine (C=N–C) groups is 1. The van der Waals surface area contributed by atoms with Crippen LogP contribution in [0.2, 0.25) is 0 Å². The molecular weight excluding hydrogens is 382 g/mol. The Kier molecular flexibility index (Phi) is 7.63. The Labute approximate surface area is 177 Å². The summed E-state index contributed by atoms with van der Waals surface area (Å²) in [5, 5.41) is 9.87. The summed E-state index contributed by atoms with van der Waals surface area (Å²) >= 11 is 1.68. The minimum absolute atomic E-state index is 0.252. The van der Waals surface area contributed by atoms with Gasteiger partial charge in [-0.25, -0.2) is 9.98 Å². The average Bonchev–Trinajstić information content (AvgIpc) is 3.34. The largest absolute Gasteiger partial charge is 0.357 e. The van der Waals surface area contributed by atoms with E-state index in [2.05, 4.69) is 53.9 Å². The molecule has 0 saturated carbocycles. The topological polar surface area (TPSA) is 69.6 Å². The number of benzene rings is 1. The predicted octanol–water partition coefficient (Wildman–Crippen LogP) is 3.64. The Morgan fingerprint density at radius 3 is 2.72 bits per heavy atom. The van der Waals surface area contributed by atoms with Gasteiger partial charge in [0.15, 0.2) is 5.96 Å².